The molecule has 3 nitrogen and oxygen atoms in total. The van der Waals surface area contributed by atoms with Crippen molar-refractivity contribution < 1.29 is 4.79 Å². The molecule has 1 aromatic rings. The Kier molecular flexibility index (Phi) is 3.94. The zero-order valence-corrected chi connectivity index (χ0v) is 10.4. The summed E-state index contributed by atoms with van der Waals surface area (Å²) in [5, 5.41) is 11.0. The minimum absolute atomic E-state index is 0.124. The highest BCUT2D eigenvalue weighted by Crippen LogP contribution is 2.16. The van der Waals surface area contributed by atoms with E-state index in [1.54, 1.807) is 11.0 Å². The summed E-state index contributed by atoms with van der Waals surface area (Å²) >= 11 is 1.53. The molecule has 1 aromatic heterocycles. The van der Waals surface area contributed by atoms with Gasteiger partial charge in [-0.25, -0.2) is 0 Å². The maximum atomic E-state index is 12.1. The highest BCUT2D eigenvalue weighted by atomic mass is 32.1. The Morgan fingerprint density at radius 2 is 2.18 bits per heavy atom. The largest absolute Gasteiger partial charge is 0.338 e. The van der Waals surface area contributed by atoms with E-state index in [0.717, 1.165) is 30.8 Å². The van der Waals surface area contributed by atoms with Crippen molar-refractivity contribution in [1.82, 2.24) is 4.90 Å². The normalized spacial score (nSPS) is 16.6. The van der Waals surface area contributed by atoms with Gasteiger partial charge in [-0.05, 0) is 36.8 Å². The van der Waals surface area contributed by atoms with Gasteiger partial charge in [0.2, 0.25) is 0 Å². The van der Waals surface area contributed by atoms with E-state index < -0.39 is 0 Å². The van der Waals surface area contributed by atoms with Crippen LogP contribution >= 0.6 is 11.3 Å². The van der Waals surface area contributed by atoms with Crippen molar-refractivity contribution >= 4 is 23.3 Å². The van der Waals surface area contributed by atoms with Gasteiger partial charge in [0.1, 0.15) is 11.6 Å². The molecule has 0 aliphatic carbocycles. The van der Waals surface area contributed by atoms with Crippen molar-refractivity contribution in [3.63, 3.8) is 0 Å². The summed E-state index contributed by atoms with van der Waals surface area (Å²) in [6.45, 7) is 1.56. The predicted octanol–water partition coefficient (Wildman–Crippen LogP) is 2.67. The van der Waals surface area contributed by atoms with Crippen LogP contribution in [0.4, 0.5) is 0 Å². The summed E-state index contributed by atoms with van der Waals surface area (Å²) in [4.78, 5) is 14.8. The molecular weight excluding hydrogens is 232 g/mol. The second-order valence-corrected chi connectivity index (χ2v) is 5.02. The summed E-state index contributed by atoms with van der Waals surface area (Å²) in [6.07, 6.45) is 4.95. The summed E-state index contributed by atoms with van der Waals surface area (Å²) in [7, 11) is 0. The van der Waals surface area contributed by atoms with E-state index in [0.29, 0.717) is 0 Å². The minimum atomic E-state index is -0.124. The van der Waals surface area contributed by atoms with Crippen LogP contribution in [0.2, 0.25) is 0 Å². The summed E-state index contributed by atoms with van der Waals surface area (Å²) < 4.78 is 0. The third-order valence-corrected chi connectivity index (χ3v) is 3.64. The summed E-state index contributed by atoms with van der Waals surface area (Å²) in [6, 6.07) is 5.84. The van der Waals surface area contributed by atoms with Gasteiger partial charge < -0.3 is 4.90 Å². The fourth-order valence-corrected chi connectivity index (χ4v) is 2.58. The van der Waals surface area contributed by atoms with Crippen LogP contribution in [0, 0.1) is 11.3 Å². The first-order valence-electron chi connectivity index (χ1n) is 5.76. The molecule has 4 heteroatoms. The first kappa shape index (κ1) is 11.9. The predicted molar refractivity (Wildman–Crippen MR) is 68.3 cm³/mol. The zero-order valence-electron chi connectivity index (χ0n) is 9.56. The highest BCUT2D eigenvalue weighted by Gasteiger charge is 2.20. The molecule has 0 spiro atoms. The van der Waals surface area contributed by atoms with Gasteiger partial charge in [-0.3, -0.25) is 4.79 Å². The van der Waals surface area contributed by atoms with Crippen LogP contribution in [0.25, 0.3) is 6.08 Å². The molecule has 1 aliphatic rings. The number of hydrogen-bond acceptors (Lipinski definition) is 3. The molecule has 0 atom stereocenters. The summed E-state index contributed by atoms with van der Waals surface area (Å²) in [5.74, 6) is -0.124. The first-order chi connectivity index (χ1) is 8.31. The molecule has 0 unspecified atom stereocenters. The lowest BCUT2D eigenvalue weighted by atomic mass is 10.1. The third-order valence-electron chi connectivity index (χ3n) is 2.82. The number of carbonyl (C=O) groups is 1. The fraction of sp³-hybridized carbons (Fsp3) is 0.385. The Bertz CT molecular complexity index is 450. The molecule has 2 rings (SSSR count). The van der Waals surface area contributed by atoms with Gasteiger partial charge in [0.25, 0.3) is 5.91 Å². The Morgan fingerprint density at radius 1 is 1.41 bits per heavy atom. The summed E-state index contributed by atoms with van der Waals surface area (Å²) in [5.41, 5.74) is 0.245. The van der Waals surface area contributed by atoms with Gasteiger partial charge in [0.15, 0.2) is 0 Å². The quantitative estimate of drug-likeness (QED) is 0.595. The monoisotopic (exact) mass is 246 g/mol. The van der Waals surface area contributed by atoms with Crippen LogP contribution in [-0.4, -0.2) is 23.9 Å². The van der Waals surface area contributed by atoms with Crippen LogP contribution in [0.3, 0.4) is 0 Å². The molecule has 2 heterocycles. The Hall–Kier alpha value is -1.60. The van der Waals surface area contributed by atoms with Crippen LogP contribution in [0.1, 0.15) is 24.1 Å². The van der Waals surface area contributed by atoms with Crippen molar-refractivity contribution in [1.29, 1.82) is 5.26 Å². The fourth-order valence-electron chi connectivity index (χ4n) is 1.92. The zero-order chi connectivity index (χ0) is 12.1. The van der Waals surface area contributed by atoms with E-state index in [1.807, 2.05) is 23.6 Å². The van der Waals surface area contributed by atoms with Crippen molar-refractivity contribution in [2.45, 2.75) is 19.3 Å². The van der Waals surface area contributed by atoms with E-state index in [4.69, 9.17) is 5.26 Å². The molecule has 1 amide bonds. The molecule has 0 bridgehead atoms. The lowest BCUT2D eigenvalue weighted by Gasteiger charge is -2.26. The van der Waals surface area contributed by atoms with Gasteiger partial charge in [0, 0.05) is 18.0 Å². The van der Waals surface area contributed by atoms with Crippen LogP contribution < -0.4 is 0 Å². The van der Waals surface area contributed by atoms with E-state index >= 15 is 0 Å². The number of nitrogens with zero attached hydrogens (tertiary/aromatic N) is 2. The molecule has 0 radical (unpaired) electrons. The highest BCUT2D eigenvalue weighted by molar-refractivity contribution is 7.10. The Balaban J connectivity index is 2.13. The average Bonchev–Trinajstić information content (AvgIpc) is 2.89. The molecule has 1 saturated heterocycles. The lowest BCUT2D eigenvalue weighted by molar-refractivity contribution is -0.127. The molecule has 1 fully saturated rings. The van der Waals surface area contributed by atoms with Gasteiger partial charge in [-0.2, -0.15) is 5.26 Å². The van der Waals surface area contributed by atoms with Crippen molar-refractivity contribution in [3.8, 4) is 6.07 Å². The van der Waals surface area contributed by atoms with Gasteiger partial charge >= 0.3 is 0 Å². The van der Waals surface area contributed by atoms with Crippen molar-refractivity contribution in [2.75, 3.05) is 13.1 Å². The lowest BCUT2D eigenvalue weighted by Crippen LogP contribution is -2.36. The number of piperidine rings is 1. The van der Waals surface area contributed by atoms with E-state index in [9.17, 15) is 4.79 Å². The Labute approximate surface area is 105 Å². The molecular formula is C13H14N2OS. The van der Waals surface area contributed by atoms with Gasteiger partial charge in [0.05, 0.1) is 0 Å². The number of nitriles is 1. The second-order valence-electron chi connectivity index (χ2n) is 4.04. The maximum Gasteiger partial charge on any atom is 0.264 e. The molecule has 17 heavy (non-hydrogen) atoms. The standard InChI is InChI=1S/C13H14N2OS/c14-10-11(9-12-5-4-8-17-12)13(16)15-6-2-1-3-7-15/h4-5,8-9H,1-3,6-7H2/b11-9-. The maximum absolute atomic E-state index is 12.1. The van der Waals surface area contributed by atoms with Crippen LogP contribution in [-0.2, 0) is 4.79 Å². The molecule has 0 N–H and O–H groups in total. The number of thiophene rings is 1. The van der Waals surface area contributed by atoms with Crippen molar-refractivity contribution in [3.05, 3.63) is 28.0 Å². The smallest absolute Gasteiger partial charge is 0.264 e. The number of amides is 1. The Morgan fingerprint density at radius 3 is 2.76 bits per heavy atom. The molecule has 0 saturated carbocycles. The molecule has 88 valence electrons. The van der Waals surface area contributed by atoms with Crippen LogP contribution in [0.5, 0.6) is 0 Å². The minimum Gasteiger partial charge on any atom is -0.338 e. The number of rotatable bonds is 2. The van der Waals surface area contributed by atoms with Crippen LogP contribution in [0.15, 0.2) is 23.1 Å². The topological polar surface area (TPSA) is 44.1 Å². The molecule has 1 aliphatic heterocycles. The average molecular weight is 246 g/mol. The first-order valence-corrected chi connectivity index (χ1v) is 6.64. The van der Waals surface area contributed by atoms with Gasteiger partial charge in [-0.15, -0.1) is 11.3 Å². The second kappa shape index (κ2) is 5.65. The molecule has 0 aromatic carbocycles. The number of likely N-dealkylation sites (tertiary alicyclic amines) is 1. The van der Waals surface area contributed by atoms with Crippen molar-refractivity contribution in [2.24, 2.45) is 0 Å². The van der Waals surface area contributed by atoms with E-state index in [1.165, 1.54) is 17.8 Å². The van der Waals surface area contributed by atoms with E-state index in [-0.39, 0.29) is 11.5 Å². The van der Waals surface area contributed by atoms with E-state index in [2.05, 4.69) is 0 Å². The number of carbonyl (C=O) groups excluding carboxylic acids is 1. The SMILES string of the molecule is N#C/C(=C/c1cccs1)C(=O)N1CCCCC1. The van der Waals surface area contributed by atoms with Gasteiger partial charge in [-0.1, -0.05) is 6.07 Å². The number of hydrogen-bond donors (Lipinski definition) is 0. The third kappa shape index (κ3) is 2.95.